The molecule has 2 fully saturated rings. The van der Waals surface area contributed by atoms with E-state index < -0.39 is 0 Å². The Bertz CT molecular complexity index is 211. The van der Waals surface area contributed by atoms with Crippen molar-refractivity contribution in [3.8, 4) is 0 Å². The zero-order chi connectivity index (χ0) is 10.5. The van der Waals surface area contributed by atoms with Crippen LogP contribution in [-0.4, -0.2) is 36.0 Å². The third-order valence-corrected chi connectivity index (χ3v) is 4.24. The Balaban J connectivity index is 1.74. The molecule has 86 valence electrons. The topological polar surface area (TPSA) is 41.1 Å². The number of carbonyl (C=O) groups is 1. The van der Waals surface area contributed by atoms with E-state index in [0.29, 0.717) is 6.04 Å². The number of amides is 1. The Morgan fingerprint density at radius 2 is 2.00 bits per heavy atom. The third-order valence-electron chi connectivity index (χ3n) is 3.19. The Kier molecular flexibility index (Phi) is 4.32. The highest BCUT2D eigenvalue weighted by Gasteiger charge is 2.23. The summed E-state index contributed by atoms with van der Waals surface area (Å²) in [6, 6.07) is 0.510. The SMILES string of the molecule is O=C(NC1CCSCC1)[C@H]1CCCCN1. The van der Waals surface area contributed by atoms with Gasteiger partial charge in [0, 0.05) is 6.04 Å². The van der Waals surface area contributed by atoms with Crippen molar-refractivity contribution in [1.29, 1.82) is 0 Å². The molecule has 0 saturated carbocycles. The van der Waals surface area contributed by atoms with E-state index in [1.54, 1.807) is 0 Å². The molecule has 3 nitrogen and oxygen atoms in total. The third kappa shape index (κ3) is 3.38. The van der Waals surface area contributed by atoms with E-state index in [9.17, 15) is 4.79 Å². The van der Waals surface area contributed by atoms with Crippen LogP contribution in [0.5, 0.6) is 0 Å². The molecule has 15 heavy (non-hydrogen) atoms. The van der Waals surface area contributed by atoms with E-state index in [1.165, 1.54) is 24.3 Å². The van der Waals surface area contributed by atoms with E-state index >= 15 is 0 Å². The molecule has 1 amide bonds. The van der Waals surface area contributed by atoms with Crippen molar-refractivity contribution in [2.75, 3.05) is 18.1 Å². The number of hydrogen-bond acceptors (Lipinski definition) is 3. The van der Waals surface area contributed by atoms with Gasteiger partial charge in [0.15, 0.2) is 0 Å². The highest BCUT2D eigenvalue weighted by Crippen LogP contribution is 2.17. The number of piperidine rings is 1. The summed E-state index contributed by atoms with van der Waals surface area (Å²) in [5, 5.41) is 6.46. The molecule has 1 atom stereocenters. The van der Waals surface area contributed by atoms with Crippen LogP contribution in [0.4, 0.5) is 0 Å². The van der Waals surface area contributed by atoms with Crippen LogP contribution in [0.1, 0.15) is 32.1 Å². The number of nitrogens with one attached hydrogen (secondary N) is 2. The number of rotatable bonds is 2. The number of thioether (sulfide) groups is 1. The summed E-state index contributed by atoms with van der Waals surface area (Å²) in [6.45, 7) is 0.999. The zero-order valence-electron chi connectivity index (χ0n) is 9.13. The fourth-order valence-electron chi connectivity index (χ4n) is 2.22. The van der Waals surface area contributed by atoms with Gasteiger partial charge in [0.2, 0.25) is 5.91 Å². The monoisotopic (exact) mass is 228 g/mol. The first-order chi connectivity index (χ1) is 7.36. The molecular weight excluding hydrogens is 208 g/mol. The first-order valence-electron chi connectivity index (χ1n) is 5.98. The Morgan fingerprint density at radius 1 is 1.20 bits per heavy atom. The van der Waals surface area contributed by atoms with Crippen LogP contribution in [-0.2, 0) is 4.79 Å². The lowest BCUT2D eigenvalue weighted by Gasteiger charge is -2.27. The largest absolute Gasteiger partial charge is 0.352 e. The van der Waals surface area contributed by atoms with Gasteiger partial charge in [-0.3, -0.25) is 4.79 Å². The molecule has 2 heterocycles. The molecule has 4 heteroatoms. The second-order valence-corrected chi connectivity index (χ2v) is 5.62. The molecule has 0 aliphatic carbocycles. The van der Waals surface area contributed by atoms with Crippen molar-refractivity contribution in [2.24, 2.45) is 0 Å². The van der Waals surface area contributed by atoms with Gasteiger partial charge in [-0.15, -0.1) is 0 Å². The van der Waals surface area contributed by atoms with E-state index in [0.717, 1.165) is 25.8 Å². The van der Waals surface area contributed by atoms with Crippen LogP contribution in [0, 0.1) is 0 Å². The average molecular weight is 228 g/mol. The van der Waals surface area contributed by atoms with Crippen molar-refractivity contribution in [3.63, 3.8) is 0 Å². The van der Waals surface area contributed by atoms with Gasteiger partial charge in [0.1, 0.15) is 0 Å². The van der Waals surface area contributed by atoms with Gasteiger partial charge < -0.3 is 10.6 Å². The Hall–Kier alpha value is -0.220. The minimum atomic E-state index is 0.0772. The fraction of sp³-hybridized carbons (Fsp3) is 0.909. The zero-order valence-corrected chi connectivity index (χ0v) is 9.94. The Morgan fingerprint density at radius 3 is 2.67 bits per heavy atom. The fourth-order valence-corrected chi connectivity index (χ4v) is 3.33. The molecular formula is C11H20N2OS. The molecule has 2 saturated heterocycles. The van der Waals surface area contributed by atoms with E-state index in [2.05, 4.69) is 10.6 Å². The lowest BCUT2D eigenvalue weighted by atomic mass is 10.0. The standard InChI is InChI=1S/C11H20N2OS/c14-11(10-3-1-2-6-12-10)13-9-4-7-15-8-5-9/h9-10,12H,1-8H2,(H,13,14)/t10-/m1/s1. The molecule has 0 aromatic heterocycles. The highest BCUT2D eigenvalue weighted by molar-refractivity contribution is 7.99. The second-order valence-electron chi connectivity index (χ2n) is 4.40. The smallest absolute Gasteiger partial charge is 0.237 e. The van der Waals surface area contributed by atoms with Gasteiger partial charge in [-0.05, 0) is 43.7 Å². The van der Waals surface area contributed by atoms with Gasteiger partial charge in [-0.2, -0.15) is 11.8 Å². The molecule has 0 spiro atoms. The summed E-state index contributed by atoms with van der Waals surface area (Å²) in [5.74, 6) is 2.62. The van der Waals surface area contributed by atoms with Crippen LogP contribution in [0.3, 0.4) is 0 Å². The van der Waals surface area contributed by atoms with Crippen LogP contribution in [0.2, 0.25) is 0 Å². The molecule has 2 rings (SSSR count). The van der Waals surface area contributed by atoms with Gasteiger partial charge in [-0.25, -0.2) is 0 Å². The van der Waals surface area contributed by atoms with Crippen molar-refractivity contribution in [2.45, 2.75) is 44.2 Å². The molecule has 2 aliphatic rings. The number of carbonyl (C=O) groups excluding carboxylic acids is 1. The maximum Gasteiger partial charge on any atom is 0.237 e. The average Bonchev–Trinajstić information content (AvgIpc) is 2.31. The van der Waals surface area contributed by atoms with Crippen molar-refractivity contribution in [3.05, 3.63) is 0 Å². The van der Waals surface area contributed by atoms with Crippen LogP contribution < -0.4 is 10.6 Å². The van der Waals surface area contributed by atoms with Gasteiger partial charge in [0.05, 0.1) is 6.04 Å². The van der Waals surface area contributed by atoms with E-state index in [-0.39, 0.29) is 11.9 Å². The van der Waals surface area contributed by atoms with E-state index in [4.69, 9.17) is 0 Å². The molecule has 0 aromatic carbocycles. The summed E-state index contributed by atoms with van der Waals surface area (Å²) >= 11 is 1.99. The molecule has 0 bridgehead atoms. The van der Waals surface area contributed by atoms with Gasteiger partial charge in [0.25, 0.3) is 0 Å². The normalized spacial score (nSPS) is 28.7. The van der Waals surface area contributed by atoms with Crippen molar-refractivity contribution < 1.29 is 4.79 Å². The Labute approximate surface area is 95.8 Å². The first-order valence-corrected chi connectivity index (χ1v) is 7.13. The summed E-state index contributed by atoms with van der Waals surface area (Å²) in [4.78, 5) is 11.9. The summed E-state index contributed by atoms with van der Waals surface area (Å²) in [6.07, 6.45) is 5.69. The van der Waals surface area contributed by atoms with Crippen molar-refractivity contribution in [1.82, 2.24) is 10.6 Å². The molecule has 2 aliphatic heterocycles. The highest BCUT2D eigenvalue weighted by atomic mass is 32.2. The van der Waals surface area contributed by atoms with Crippen LogP contribution in [0.25, 0.3) is 0 Å². The second kappa shape index (κ2) is 5.75. The lowest BCUT2D eigenvalue weighted by molar-refractivity contribution is -0.124. The van der Waals surface area contributed by atoms with Crippen LogP contribution in [0.15, 0.2) is 0 Å². The summed E-state index contributed by atoms with van der Waals surface area (Å²) < 4.78 is 0. The number of hydrogen-bond donors (Lipinski definition) is 2. The lowest BCUT2D eigenvalue weighted by Crippen LogP contribution is -2.50. The predicted molar refractivity (Wildman–Crippen MR) is 64.1 cm³/mol. The molecule has 0 unspecified atom stereocenters. The maximum atomic E-state index is 11.9. The van der Waals surface area contributed by atoms with Crippen molar-refractivity contribution >= 4 is 17.7 Å². The summed E-state index contributed by atoms with van der Waals surface area (Å²) in [5.41, 5.74) is 0. The van der Waals surface area contributed by atoms with Crippen LogP contribution >= 0.6 is 11.8 Å². The quantitative estimate of drug-likeness (QED) is 0.745. The molecule has 0 aromatic rings. The minimum Gasteiger partial charge on any atom is -0.352 e. The maximum absolute atomic E-state index is 11.9. The first kappa shape index (κ1) is 11.3. The molecule has 2 N–H and O–H groups in total. The van der Waals surface area contributed by atoms with E-state index in [1.807, 2.05) is 11.8 Å². The molecule has 0 radical (unpaired) electrons. The summed E-state index contributed by atoms with van der Waals surface area (Å²) in [7, 11) is 0. The van der Waals surface area contributed by atoms with Gasteiger partial charge in [-0.1, -0.05) is 6.42 Å². The van der Waals surface area contributed by atoms with Gasteiger partial charge >= 0.3 is 0 Å². The predicted octanol–water partition coefficient (Wildman–Crippen LogP) is 1.14. The minimum absolute atomic E-state index is 0.0772.